The van der Waals surface area contributed by atoms with Crippen molar-refractivity contribution >= 4 is 11.5 Å². The van der Waals surface area contributed by atoms with Crippen LogP contribution in [0.3, 0.4) is 0 Å². The van der Waals surface area contributed by atoms with E-state index in [1.54, 1.807) is 6.20 Å². The Bertz CT molecular complexity index is 875. The quantitative estimate of drug-likeness (QED) is 0.800. The summed E-state index contributed by atoms with van der Waals surface area (Å²) in [6.07, 6.45) is 2.66. The molecule has 0 aliphatic carbocycles. The summed E-state index contributed by atoms with van der Waals surface area (Å²) in [5.41, 5.74) is 2.92. The second-order valence-corrected chi connectivity index (χ2v) is 6.01. The lowest BCUT2D eigenvalue weighted by Gasteiger charge is -2.18. The first kappa shape index (κ1) is 14.8. The largest absolute Gasteiger partial charge is 0.490 e. The third-order valence-electron chi connectivity index (χ3n) is 4.12. The number of fused-ring (bicyclic) bond motifs is 2. The molecule has 0 radical (unpaired) electrons. The lowest BCUT2D eigenvalue weighted by molar-refractivity contribution is 0.297. The average molecular weight is 324 g/mol. The molecule has 1 atom stereocenters. The van der Waals surface area contributed by atoms with Gasteiger partial charge in [0.15, 0.2) is 17.1 Å². The molecule has 0 fully saturated rings. The zero-order chi connectivity index (χ0) is 16.5. The molecule has 1 N–H and O–H groups in total. The average Bonchev–Trinajstić information content (AvgIpc) is 2.91. The molecular formula is C18H20N4O2. The van der Waals surface area contributed by atoms with Crippen molar-refractivity contribution in [2.45, 2.75) is 26.3 Å². The van der Waals surface area contributed by atoms with Gasteiger partial charge in [-0.3, -0.25) is 0 Å². The van der Waals surface area contributed by atoms with E-state index in [9.17, 15) is 0 Å². The van der Waals surface area contributed by atoms with Gasteiger partial charge in [-0.05, 0) is 31.5 Å². The second-order valence-electron chi connectivity index (χ2n) is 6.01. The molecule has 6 heteroatoms. The summed E-state index contributed by atoms with van der Waals surface area (Å²) in [7, 11) is 0. The molecule has 0 amide bonds. The molecule has 4 rings (SSSR count). The number of aromatic nitrogens is 3. The Kier molecular flexibility index (Phi) is 3.72. The molecule has 2 aromatic heterocycles. The maximum Gasteiger partial charge on any atom is 0.161 e. The lowest BCUT2D eigenvalue weighted by atomic mass is 10.1. The zero-order valence-electron chi connectivity index (χ0n) is 13.8. The Hall–Kier alpha value is -2.76. The Morgan fingerprint density at radius 3 is 2.83 bits per heavy atom. The van der Waals surface area contributed by atoms with Gasteiger partial charge in [-0.1, -0.05) is 6.07 Å². The highest BCUT2D eigenvalue weighted by Gasteiger charge is 2.15. The highest BCUT2D eigenvalue weighted by atomic mass is 16.5. The van der Waals surface area contributed by atoms with Gasteiger partial charge < -0.3 is 14.8 Å². The van der Waals surface area contributed by atoms with Crippen LogP contribution in [0.4, 0.5) is 5.82 Å². The summed E-state index contributed by atoms with van der Waals surface area (Å²) in [4.78, 5) is 4.47. The molecule has 24 heavy (non-hydrogen) atoms. The molecule has 3 heterocycles. The molecule has 124 valence electrons. The number of hydrogen-bond donors (Lipinski definition) is 1. The molecule has 1 aliphatic heterocycles. The third-order valence-corrected chi connectivity index (χ3v) is 4.12. The van der Waals surface area contributed by atoms with Crippen LogP contribution in [0.25, 0.3) is 5.65 Å². The van der Waals surface area contributed by atoms with Crippen LogP contribution in [0.5, 0.6) is 11.5 Å². The highest BCUT2D eigenvalue weighted by molar-refractivity contribution is 5.51. The summed E-state index contributed by atoms with van der Waals surface area (Å²) in [6, 6.07) is 10.1. The number of anilines is 1. The van der Waals surface area contributed by atoms with Gasteiger partial charge >= 0.3 is 0 Å². The fourth-order valence-electron chi connectivity index (χ4n) is 2.90. The summed E-state index contributed by atoms with van der Waals surface area (Å²) in [5.74, 6) is 2.55. The first-order valence-electron chi connectivity index (χ1n) is 8.18. The second kappa shape index (κ2) is 6.03. The maximum atomic E-state index is 5.79. The summed E-state index contributed by atoms with van der Waals surface area (Å²) in [6.45, 7) is 5.49. The Morgan fingerprint density at radius 2 is 1.96 bits per heavy atom. The van der Waals surface area contributed by atoms with Crippen molar-refractivity contribution in [1.82, 2.24) is 14.6 Å². The van der Waals surface area contributed by atoms with Gasteiger partial charge in [0.05, 0.1) is 25.5 Å². The first-order valence-corrected chi connectivity index (χ1v) is 8.18. The fraction of sp³-hybridized carbons (Fsp3) is 0.333. The van der Waals surface area contributed by atoms with Gasteiger partial charge in [-0.15, -0.1) is 0 Å². The fourth-order valence-corrected chi connectivity index (χ4v) is 2.90. The van der Waals surface area contributed by atoms with E-state index in [1.807, 2.05) is 35.7 Å². The van der Waals surface area contributed by atoms with Gasteiger partial charge in [0.2, 0.25) is 0 Å². The van der Waals surface area contributed by atoms with Gasteiger partial charge in [0.1, 0.15) is 5.82 Å². The normalized spacial score (nSPS) is 15.1. The predicted molar refractivity (Wildman–Crippen MR) is 91.8 cm³/mol. The van der Waals surface area contributed by atoms with E-state index >= 15 is 0 Å². The standard InChI is InChI=1S/C18H20N4O2/c1-12-10-18(22-17(20-12)6-7-19-22)21-13(2)14-4-5-15-16(11-14)24-9-3-8-23-15/h4-7,10-11,13,21H,3,8-9H2,1-2H3. The molecule has 0 spiro atoms. The van der Waals surface area contributed by atoms with Crippen LogP contribution < -0.4 is 14.8 Å². The van der Waals surface area contributed by atoms with Crippen LogP contribution in [0, 0.1) is 6.92 Å². The number of rotatable bonds is 3. The molecule has 3 aromatic rings. The first-order chi connectivity index (χ1) is 11.7. The van der Waals surface area contributed by atoms with E-state index in [1.165, 1.54) is 0 Å². The topological polar surface area (TPSA) is 60.7 Å². The smallest absolute Gasteiger partial charge is 0.161 e. The van der Waals surface area contributed by atoms with E-state index in [0.29, 0.717) is 13.2 Å². The van der Waals surface area contributed by atoms with Crippen LogP contribution >= 0.6 is 0 Å². The molecule has 0 bridgehead atoms. The number of nitrogens with zero attached hydrogens (tertiary/aromatic N) is 3. The Balaban J connectivity index is 1.63. The summed E-state index contributed by atoms with van der Waals surface area (Å²) < 4.78 is 13.3. The van der Waals surface area contributed by atoms with Crippen LogP contribution in [0.15, 0.2) is 36.5 Å². The molecule has 0 saturated carbocycles. The van der Waals surface area contributed by atoms with Crippen molar-refractivity contribution in [3.05, 3.63) is 47.8 Å². The van der Waals surface area contributed by atoms with Crippen LogP contribution in [0.2, 0.25) is 0 Å². The van der Waals surface area contributed by atoms with E-state index < -0.39 is 0 Å². The van der Waals surface area contributed by atoms with Crippen LogP contribution in [0.1, 0.15) is 30.6 Å². The minimum atomic E-state index is 0.0938. The predicted octanol–water partition coefficient (Wildman–Crippen LogP) is 3.37. The molecule has 6 nitrogen and oxygen atoms in total. The number of nitrogens with one attached hydrogen (secondary N) is 1. The molecular weight excluding hydrogens is 304 g/mol. The number of benzene rings is 1. The van der Waals surface area contributed by atoms with Crippen molar-refractivity contribution in [3.63, 3.8) is 0 Å². The Labute approximate surface area is 140 Å². The maximum absolute atomic E-state index is 5.79. The third kappa shape index (κ3) is 2.75. The van der Waals surface area contributed by atoms with Crippen molar-refractivity contribution in [3.8, 4) is 11.5 Å². The van der Waals surface area contributed by atoms with Gasteiger partial charge in [0, 0.05) is 24.2 Å². The van der Waals surface area contributed by atoms with E-state index in [0.717, 1.165) is 40.6 Å². The highest BCUT2D eigenvalue weighted by Crippen LogP contribution is 2.33. The molecule has 1 aromatic carbocycles. The monoisotopic (exact) mass is 324 g/mol. The summed E-state index contributed by atoms with van der Waals surface area (Å²) >= 11 is 0. The SMILES string of the molecule is Cc1cc(NC(C)c2ccc3c(c2)OCCCO3)n2nccc2n1. The van der Waals surface area contributed by atoms with Crippen molar-refractivity contribution in [1.29, 1.82) is 0 Å². The van der Waals surface area contributed by atoms with Crippen molar-refractivity contribution in [2.24, 2.45) is 0 Å². The minimum absolute atomic E-state index is 0.0938. The summed E-state index contributed by atoms with van der Waals surface area (Å²) in [5, 5.41) is 7.85. The Morgan fingerprint density at radius 1 is 1.12 bits per heavy atom. The van der Waals surface area contributed by atoms with E-state index in [-0.39, 0.29) is 6.04 Å². The minimum Gasteiger partial charge on any atom is -0.490 e. The number of aryl methyl sites for hydroxylation is 1. The van der Waals surface area contributed by atoms with Crippen LogP contribution in [-0.4, -0.2) is 27.8 Å². The molecule has 0 saturated heterocycles. The number of hydrogen-bond acceptors (Lipinski definition) is 5. The van der Waals surface area contributed by atoms with E-state index in [2.05, 4.69) is 28.4 Å². The van der Waals surface area contributed by atoms with Crippen molar-refractivity contribution in [2.75, 3.05) is 18.5 Å². The molecule has 1 aliphatic rings. The van der Waals surface area contributed by atoms with Crippen LogP contribution in [-0.2, 0) is 0 Å². The van der Waals surface area contributed by atoms with Gasteiger partial charge in [-0.25, -0.2) is 4.98 Å². The molecule has 1 unspecified atom stereocenters. The lowest BCUT2D eigenvalue weighted by Crippen LogP contribution is -2.11. The zero-order valence-corrected chi connectivity index (χ0v) is 13.8. The van der Waals surface area contributed by atoms with E-state index in [4.69, 9.17) is 9.47 Å². The van der Waals surface area contributed by atoms with Crippen molar-refractivity contribution < 1.29 is 9.47 Å². The van der Waals surface area contributed by atoms with Gasteiger partial charge in [-0.2, -0.15) is 9.61 Å². The van der Waals surface area contributed by atoms with Gasteiger partial charge in [0.25, 0.3) is 0 Å². The number of ether oxygens (including phenoxy) is 2.